The van der Waals surface area contributed by atoms with Gasteiger partial charge in [0.25, 0.3) is 11.5 Å². The van der Waals surface area contributed by atoms with Crippen molar-refractivity contribution in [3.63, 3.8) is 0 Å². The van der Waals surface area contributed by atoms with Crippen molar-refractivity contribution in [1.82, 2.24) is 20.2 Å². The van der Waals surface area contributed by atoms with Crippen molar-refractivity contribution in [3.8, 4) is 0 Å². The van der Waals surface area contributed by atoms with Gasteiger partial charge in [-0.05, 0) is 41.8 Å². The highest BCUT2D eigenvalue weighted by Crippen LogP contribution is 2.23. The van der Waals surface area contributed by atoms with Gasteiger partial charge in [0, 0.05) is 38.7 Å². The first-order valence-corrected chi connectivity index (χ1v) is 12.1. The van der Waals surface area contributed by atoms with Gasteiger partial charge in [-0.2, -0.15) is 0 Å². The highest BCUT2D eigenvalue weighted by molar-refractivity contribution is 7.16. The van der Waals surface area contributed by atoms with Crippen molar-refractivity contribution in [1.29, 1.82) is 0 Å². The molecule has 2 amide bonds. The van der Waals surface area contributed by atoms with Gasteiger partial charge in [-0.25, -0.2) is 9.37 Å². The fourth-order valence-corrected chi connectivity index (χ4v) is 5.01. The molecule has 0 bridgehead atoms. The van der Waals surface area contributed by atoms with Crippen molar-refractivity contribution in [3.05, 3.63) is 61.7 Å². The normalized spacial score (nSPS) is 14.5. The maximum absolute atomic E-state index is 13.3. The summed E-state index contributed by atoms with van der Waals surface area (Å²) in [6.45, 7) is 4.01. The van der Waals surface area contributed by atoms with Crippen LogP contribution in [0.15, 0.2) is 28.4 Å². The minimum atomic E-state index is -0.553. The van der Waals surface area contributed by atoms with E-state index in [1.807, 2.05) is 10.3 Å². The number of amides is 2. The number of piperidine rings is 1. The number of hydrogen-bond donors (Lipinski definition) is 2. The van der Waals surface area contributed by atoms with Crippen LogP contribution in [0.2, 0.25) is 5.02 Å². The van der Waals surface area contributed by atoms with Gasteiger partial charge in [0.1, 0.15) is 10.6 Å². The predicted octanol–water partition coefficient (Wildman–Crippen LogP) is 3.48. The number of aromatic nitrogens is 2. The molecule has 2 N–H and O–H groups in total. The van der Waals surface area contributed by atoms with Crippen molar-refractivity contribution in [2.24, 2.45) is 5.92 Å². The number of fused-ring (bicyclic) bond motifs is 1. The van der Waals surface area contributed by atoms with Gasteiger partial charge in [-0.15, -0.1) is 11.3 Å². The van der Waals surface area contributed by atoms with Crippen LogP contribution in [0.3, 0.4) is 0 Å². The topological polar surface area (TPSA) is 104 Å². The second-order valence-electron chi connectivity index (χ2n) is 8.25. The number of halogens is 2. The molecule has 1 aliphatic rings. The van der Waals surface area contributed by atoms with Crippen LogP contribution in [-0.2, 0) is 22.7 Å². The molecule has 1 fully saturated rings. The first-order chi connectivity index (χ1) is 16.3. The summed E-state index contributed by atoms with van der Waals surface area (Å²) < 4.78 is 19.1. The Bertz CT molecular complexity index is 1270. The zero-order chi connectivity index (χ0) is 24.2. The molecule has 1 aromatic carbocycles. The zero-order valence-corrected chi connectivity index (χ0v) is 20.1. The van der Waals surface area contributed by atoms with Crippen molar-refractivity contribution >= 4 is 45.0 Å². The number of likely N-dealkylation sites (tertiary alicyclic amines) is 1. The molecule has 0 spiro atoms. The van der Waals surface area contributed by atoms with Crippen molar-refractivity contribution in [2.75, 3.05) is 19.7 Å². The predicted molar refractivity (Wildman–Crippen MR) is 127 cm³/mol. The fourth-order valence-electron chi connectivity index (χ4n) is 3.89. The highest BCUT2D eigenvalue weighted by Gasteiger charge is 2.21. The number of hydrogen-bond acceptors (Lipinski definition) is 6. The van der Waals surface area contributed by atoms with Gasteiger partial charge >= 0.3 is 0 Å². The number of carbonyl (C=O) groups excluding carboxylic acids is 2. The molecule has 3 aromatic rings. The van der Waals surface area contributed by atoms with Gasteiger partial charge < -0.3 is 19.9 Å². The maximum Gasteiger partial charge on any atom is 0.287 e. The molecule has 11 heteroatoms. The highest BCUT2D eigenvalue weighted by atomic mass is 35.5. The van der Waals surface area contributed by atoms with Crippen LogP contribution in [0.1, 0.15) is 41.5 Å². The van der Waals surface area contributed by atoms with E-state index in [1.54, 1.807) is 6.92 Å². The maximum atomic E-state index is 13.3. The number of rotatable bonds is 7. The number of thiophene rings is 1. The Labute approximate surface area is 204 Å². The lowest BCUT2D eigenvalue weighted by Crippen LogP contribution is -2.38. The summed E-state index contributed by atoms with van der Waals surface area (Å²) in [7, 11) is 0. The van der Waals surface area contributed by atoms with E-state index >= 15 is 0 Å². The van der Waals surface area contributed by atoms with E-state index in [0.717, 1.165) is 31.5 Å². The van der Waals surface area contributed by atoms with Crippen LogP contribution in [0.4, 0.5) is 4.39 Å². The van der Waals surface area contributed by atoms with Crippen LogP contribution in [0.25, 0.3) is 10.2 Å². The van der Waals surface area contributed by atoms with E-state index in [1.165, 1.54) is 29.5 Å². The van der Waals surface area contributed by atoms with E-state index in [2.05, 4.69) is 15.3 Å². The largest absolute Gasteiger partial charge is 0.376 e. The number of ether oxygens (including phenoxy) is 1. The summed E-state index contributed by atoms with van der Waals surface area (Å²) in [5.41, 5.74) is 0.933. The minimum Gasteiger partial charge on any atom is -0.376 e. The minimum absolute atomic E-state index is 0.0328. The Morgan fingerprint density at radius 3 is 2.82 bits per heavy atom. The number of aromatic amines is 1. The average molecular weight is 507 g/mol. The lowest BCUT2D eigenvalue weighted by Gasteiger charge is -2.31. The van der Waals surface area contributed by atoms with Crippen LogP contribution in [0.5, 0.6) is 0 Å². The molecule has 0 unspecified atom stereocenters. The molecule has 1 saturated heterocycles. The average Bonchev–Trinajstić information content (AvgIpc) is 3.23. The standard InChI is InChI=1S/C23H24ClFN4O4S/c1-13(30)29-6-4-14(5-7-29)10-33-11-16-12-34-23-19(16)21(31)27-20(28-23)22(32)26-9-15-2-3-18(25)17(24)8-15/h2-3,8,12,14H,4-7,9-11H2,1H3,(H,26,32)(H,27,28,31). The summed E-state index contributed by atoms with van der Waals surface area (Å²) in [6.07, 6.45) is 1.80. The number of nitrogens with one attached hydrogen (secondary N) is 2. The first-order valence-electron chi connectivity index (χ1n) is 10.9. The Morgan fingerprint density at radius 1 is 1.35 bits per heavy atom. The number of benzene rings is 1. The first kappa shape index (κ1) is 24.3. The molecule has 1 aliphatic heterocycles. The molecular formula is C23H24ClFN4O4S. The lowest BCUT2D eigenvalue weighted by atomic mass is 9.98. The third-order valence-corrected chi connectivity index (χ3v) is 7.05. The number of carbonyl (C=O) groups is 2. The van der Waals surface area contributed by atoms with Gasteiger partial charge in [0.15, 0.2) is 0 Å². The SMILES string of the molecule is CC(=O)N1CCC(COCc2csc3nc(C(=O)NCc4ccc(F)c(Cl)c4)[nH]c(=O)c23)CC1. The number of H-pyrrole nitrogens is 1. The van der Waals surface area contributed by atoms with Gasteiger partial charge in [-0.1, -0.05) is 17.7 Å². The number of nitrogens with zero attached hydrogens (tertiary/aromatic N) is 2. The monoisotopic (exact) mass is 506 g/mol. The van der Waals surface area contributed by atoms with E-state index in [9.17, 15) is 18.8 Å². The van der Waals surface area contributed by atoms with E-state index in [0.29, 0.717) is 28.3 Å². The van der Waals surface area contributed by atoms with Gasteiger partial charge in [0.2, 0.25) is 11.7 Å². The molecule has 34 heavy (non-hydrogen) atoms. The molecule has 180 valence electrons. The second kappa shape index (κ2) is 10.6. The molecule has 0 radical (unpaired) electrons. The molecule has 2 aromatic heterocycles. The smallest absolute Gasteiger partial charge is 0.287 e. The third-order valence-electron chi connectivity index (χ3n) is 5.84. The van der Waals surface area contributed by atoms with Gasteiger partial charge in [-0.3, -0.25) is 14.4 Å². The summed E-state index contributed by atoms with van der Waals surface area (Å²) in [6, 6.07) is 4.16. The van der Waals surface area contributed by atoms with E-state index in [4.69, 9.17) is 16.3 Å². The molecule has 0 saturated carbocycles. The second-order valence-corrected chi connectivity index (χ2v) is 9.52. The van der Waals surface area contributed by atoms with Crippen molar-refractivity contribution < 1.29 is 18.7 Å². The quantitative estimate of drug-likeness (QED) is 0.510. The van der Waals surface area contributed by atoms with Gasteiger partial charge in [0.05, 0.1) is 17.0 Å². The van der Waals surface area contributed by atoms with Crippen LogP contribution >= 0.6 is 22.9 Å². The van der Waals surface area contributed by atoms with Crippen LogP contribution in [0, 0.1) is 11.7 Å². The zero-order valence-electron chi connectivity index (χ0n) is 18.5. The molecule has 4 rings (SSSR count). The third kappa shape index (κ3) is 5.63. The Morgan fingerprint density at radius 2 is 2.12 bits per heavy atom. The van der Waals surface area contributed by atoms with Crippen LogP contribution in [-0.4, -0.2) is 46.4 Å². The summed E-state index contributed by atoms with van der Waals surface area (Å²) in [5.74, 6) is -0.712. The summed E-state index contributed by atoms with van der Waals surface area (Å²) in [4.78, 5) is 45.7. The Kier molecular flexibility index (Phi) is 7.60. The Balaban J connectivity index is 1.35. The fraction of sp³-hybridized carbons (Fsp3) is 0.391. The lowest BCUT2D eigenvalue weighted by molar-refractivity contribution is -0.130. The van der Waals surface area contributed by atoms with Crippen LogP contribution < -0.4 is 10.9 Å². The molecule has 0 aliphatic carbocycles. The molecule has 3 heterocycles. The molecule has 0 atom stereocenters. The Hall–Kier alpha value is -2.82. The summed E-state index contributed by atoms with van der Waals surface area (Å²) in [5, 5.41) is 4.84. The van der Waals surface area contributed by atoms with Crippen molar-refractivity contribution in [2.45, 2.75) is 32.9 Å². The molecule has 8 nitrogen and oxygen atoms in total. The van der Waals surface area contributed by atoms with E-state index in [-0.39, 0.29) is 29.9 Å². The van der Waals surface area contributed by atoms with E-state index < -0.39 is 17.3 Å². The molecular weight excluding hydrogens is 483 g/mol. The summed E-state index contributed by atoms with van der Waals surface area (Å²) >= 11 is 7.03.